The topological polar surface area (TPSA) is 136 Å². The number of hydrogen-bond acceptors (Lipinski definition) is 8. The molecule has 4 rings (SSSR count). The zero-order valence-electron chi connectivity index (χ0n) is 17.5. The van der Waals surface area contributed by atoms with Crippen molar-refractivity contribution >= 4 is 15.7 Å². The number of aliphatic hydroxyl groups is 1. The third-order valence-electron chi connectivity index (χ3n) is 4.94. The molecule has 10 nitrogen and oxygen atoms in total. The van der Waals surface area contributed by atoms with Gasteiger partial charge in [-0.3, -0.25) is 9.48 Å². The second-order valence-electron chi connectivity index (χ2n) is 7.66. The van der Waals surface area contributed by atoms with Gasteiger partial charge in [-0.1, -0.05) is 0 Å². The number of ether oxygens (including phenoxy) is 1. The number of alkyl halides is 3. The highest BCUT2D eigenvalue weighted by molar-refractivity contribution is 7.91. The molecule has 0 radical (unpaired) electrons. The highest BCUT2D eigenvalue weighted by atomic mass is 32.2. The summed E-state index contributed by atoms with van der Waals surface area (Å²) < 4.78 is 66.2. The van der Waals surface area contributed by atoms with E-state index in [9.17, 15) is 31.5 Å². The summed E-state index contributed by atoms with van der Waals surface area (Å²) in [5.74, 6) is -1.92. The Balaban J connectivity index is 1.68. The van der Waals surface area contributed by atoms with Gasteiger partial charge in [-0.25, -0.2) is 18.4 Å². The fraction of sp³-hybridized carbons (Fsp3) is 0.300. The van der Waals surface area contributed by atoms with Crippen molar-refractivity contribution < 1.29 is 36.2 Å². The van der Waals surface area contributed by atoms with Gasteiger partial charge in [0, 0.05) is 18.8 Å². The van der Waals surface area contributed by atoms with Gasteiger partial charge in [0.15, 0.2) is 15.7 Å². The molecule has 0 saturated carbocycles. The van der Waals surface area contributed by atoms with E-state index in [4.69, 9.17) is 0 Å². The van der Waals surface area contributed by atoms with E-state index in [0.29, 0.717) is 11.1 Å². The molecule has 2 unspecified atom stereocenters. The van der Waals surface area contributed by atoms with Crippen LogP contribution in [0.4, 0.5) is 13.2 Å². The number of aromatic nitrogens is 4. The largest absolute Gasteiger partial charge is 0.573 e. The van der Waals surface area contributed by atoms with Crippen LogP contribution in [0.25, 0.3) is 22.6 Å². The van der Waals surface area contributed by atoms with Gasteiger partial charge in [-0.15, -0.1) is 13.2 Å². The first-order chi connectivity index (χ1) is 15.9. The zero-order valence-corrected chi connectivity index (χ0v) is 18.3. The molecule has 2 N–H and O–H groups in total. The summed E-state index contributed by atoms with van der Waals surface area (Å²) in [6.07, 6.45) is -3.02. The van der Waals surface area contributed by atoms with Gasteiger partial charge in [-0.2, -0.15) is 5.10 Å². The minimum Gasteiger partial charge on any atom is -0.406 e. The van der Waals surface area contributed by atoms with Crippen LogP contribution in [0.5, 0.6) is 5.75 Å². The third kappa shape index (κ3) is 5.51. The zero-order chi connectivity index (χ0) is 24.7. The highest BCUT2D eigenvalue weighted by Gasteiger charge is 2.37. The van der Waals surface area contributed by atoms with Gasteiger partial charge >= 0.3 is 6.36 Å². The van der Waals surface area contributed by atoms with Gasteiger partial charge in [0.05, 0.1) is 41.1 Å². The van der Waals surface area contributed by atoms with Crippen molar-refractivity contribution in [3.05, 3.63) is 48.4 Å². The van der Waals surface area contributed by atoms with Crippen molar-refractivity contribution in [1.82, 2.24) is 25.1 Å². The van der Waals surface area contributed by atoms with Gasteiger partial charge in [0.25, 0.3) is 5.91 Å². The lowest BCUT2D eigenvalue weighted by Gasteiger charge is -2.15. The van der Waals surface area contributed by atoms with Gasteiger partial charge in [-0.05, 0) is 30.3 Å². The van der Waals surface area contributed by atoms with E-state index in [1.807, 2.05) is 0 Å². The number of aliphatic hydroxyl groups excluding tert-OH is 1. The quantitative estimate of drug-likeness (QED) is 0.539. The standard InChI is InChI=1S/C20H18F3N5O5S/c1-28-8-12(7-24-28)18-25-14(11-2-4-13(5-3-11)33-20(21,22)23)6-15(26-18)19(30)27-16-9-34(31,32)10-17(16)29/h2-8,16-17,29H,9-10H2,1H3,(H,27,30). The normalized spacial score (nSPS) is 19.7. The molecule has 1 amide bonds. The summed E-state index contributed by atoms with van der Waals surface area (Å²) in [5, 5.41) is 16.5. The summed E-state index contributed by atoms with van der Waals surface area (Å²) in [4.78, 5) is 21.5. The maximum Gasteiger partial charge on any atom is 0.573 e. The summed E-state index contributed by atoms with van der Waals surface area (Å²) in [7, 11) is -1.82. The van der Waals surface area contributed by atoms with E-state index < -0.39 is 51.5 Å². The average Bonchev–Trinajstić information content (AvgIpc) is 3.28. The number of aryl methyl sites for hydroxylation is 1. The summed E-state index contributed by atoms with van der Waals surface area (Å²) in [5.41, 5.74) is 0.937. The van der Waals surface area contributed by atoms with Crippen LogP contribution in [-0.4, -0.2) is 69.2 Å². The van der Waals surface area contributed by atoms with Crippen LogP contribution in [0, 0.1) is 0 Å². The second kappa shape index (κ2) is 8.68. The Labute approximate surface area is 191 Å². The number of amides is 1. The Morgan fingerprint density at radius 1 is 1.18 bits per heavy atom. The molecule has 34 heavy (non-hydrogen) atoms. The molecule has 0 bridgehead atoms. The summed E-state index contributed by atoms with van der Waals surface area (Å²) in [6, 6.07) is 5.20. The molecule has 1 fully saturated rings. The number of halogens is 3. The van der Waals surface area contributed by atoms with Crippen LogP contribution in [-0.2, 0) is 16.9 Å². The van der Waals surface area contributed by atoms with Crippen molar-refractivity contribution in [2.45, 2.75) is 18.5 Å². The minimum absolute atomic E-state index is 0.117. The van der Waals surface area contributed by atoms with E-state index >= 15 is 0 Å². The summed E-state index contributed by atoms with van der Waals surface area (Å²) in [6.45, 7) is 0. The molecular weight excluding hydrogens is 479 g/mol. The van der Waals surface area contributed by atoms with Crippen molar-refractivity contribution in [2.75, 3.05) is 11.5 Å². The Morgan fingerprint density at radius 2 is 1.88 bits per heavy atom. The Hall–Kier alpha value is -3.52. The monoisotopic (exact) mass is 497 g/mol. The number of nitrogens with one attached hydrogen (secondary N) is 1. The van der Waals surface area contributed by atoms with E-state index in [1.54, 1.807) is 13.2 Å². The Kier molecular flexibility index (Phi) is 6.03. The number of carbonyl (C=O) groups excluding carboxylic acids is 1. The molecule has 2 atom stereocenters. The molecule has 3 heterocycles. The molecule has 180 valence electrons. The fourth-order valence-corrected chi connectivity index (χ4v) is 5.16. The van der Waals surface area contributed by atoms with Crippen LogP contribution in [0.1, 0.15) is 10.5 Å². The highest BCUT2D eigenvalue weighted by Crippen LogP contribution is 2.27. The first-order valence-electron chi connectivity index (χ1n) is 9.82. The molecular formula is C20H18F3N5O5S. The SMILES string of the molecule is Cn1cc(-c2nc(C(=O)NC3CS(=O)(=O)CC3O)cc(-c3ccc(OC(F)(F)F)cc3)n2)cn1. The smallest absolute Gasteiger partial charge is 0.406 e. The van der Waals surface area contributed by atoms with Crippen molar-refractivity contribution in [2.24, 2.45) is 7.05 Å². The first-order valence-corrected chi connectivity index (χ1v) is 11.6. The predicted molar refractivity (Wildman–Crippen MR) is 112 cm³/mol. The van der Waals surface area contributed by atoms with Crippen LogP contribution < -0.4 is 10.1 Å². The first kappa shape index (κ1) is 23.6. The number of sulfone groups is 1. The molecule has 1 aliphatic rings. The molecule has 2 aromatic heterocycles. The van der Waals surface area contributed by atoms with E-state index in [-0.39, 0.29) is 17.2 Å². The molecule has 1 saturated heterocycles. The Morgan fingerprint density at radius 3 is 2.44 bits per heavy atom. The van der Waals surface area contributed by atoms with Gasteiger partial charge in [0.2, 0.25) is 0 Å². The molecule has 1 aliphatic heterocycles. The molecule has 3 aromatic rings. The van der Waals surface area contributed by atoms with E-state index in [2.05, 4.69) is 25.1 Å². The maximum atomic E-state index is 12.9. The molecule has 1 aromatic carbocycles. The number of nitrogens with zero attached hydrogens (tertiary/aromatic N) is 4. The van der Waals surface area contributed by atoms with Crippen LogP contribution >= 0.6 is 0 Å². The molecule has 0 spiro atoms. The second-order valence-corrected chi connectivity index (χ2v) is 9.81. The number of carbonyl (C=O) groups is 1. The number of rotatable bonds is 5. The average molecular weight is 497 g/mol. The van der Waals surface area contributed by atoms with Crippen LogP contribution in [0.2, 0.25) is 0 Å². The van der Waals surface area contributed by atoms with Crippen LogP contribution in [0.15, 0.2) is 42.7 Å². The molecule has 14 heteroatoms. The van der Waals surface area contributed by atoms with E-state index in [1.165, 1.54) is 29.1 Å². The maximum absolute atomic E-state index is 12.9. The van der Waals surface area contributed by atoms with Crippen LogP contribution in [0.3, 0.4) is 0 Å². The number of hydrogen-bond donors (Lipinski definition) is 2. The van der Waals surface area contributed by atoms with Gasteiger partial charge in [0.1, 0.15) is 11.4 Å². The lowest BCUT2D eigenvalue weighted by molar-refractivity contribution is -0.274. The third-order valence-corrected chi connectivity index (χ3v) is 6.66. The molecule has 0 aliphatic carbocycles. The Bertz CT molecular complexity index is 1330. The van der Waals surface area contributed by atoms with E-state index in [0.717, 1.165) is 12.1 Å². The fourth-order valence-electron chi connectivity index (χ4n) is 3.41. The lowest BCUT2D eigenvalue weighted by atomic mass is 10.1. The van der Waals surface area contributed by atoms with Crippen molar-refractivity contribution in [3.63, 3.8) is 0 Å². The summed E-state index contributed by atoms with van der Waals surface area (Å²) >= 11 is 0. The van der Waals surface area contributed by atoms with Gasteiger partial charge < -0.3 is 15.2 Å². The van der Waals surface area contributed by atoms with Crippen molar-refractivity contribution in [3.8, 4) is 28.4 Å². The lowest BCUT2D eigenvalue weighted by Crippen LogP contribution is -2.42. The van der Waals surface area contributed by atoms with Crippen molar-refractivity contribution in [1.29, 1.82) is 0 Å². The number of benzene rings is 1. The predicted octanol–water partition coefficient (Wildman–Crippen LogP) is 1.33. The minimum atomic E-state index is -4.84.